The SMILES string of the molecule is Cc1cnc(CCNC(=O)N[C@H]2[C@@H]3CCO[C@@H]3C23CCCC3)s1. The van der Waals surface area contributed by atoms with Gasteiger partial charge in [-0.3, -0.25) is 0 Å². The molecule has 5 nitrogen and oxygen atoms in total. The van der Waals surface area contributed by atoms with E-state index < -0.39 is 0 Å². The van der Waals surface area contributed by atoms with Crippen LogP contribution in [-0.2, 0) is 11.2 Å². The fourth-order valence-electron chi connectivity index (χ4n) is 4.90. The van der Waals surface area contributed by atoms with Crippen molar-refractivity contribution in [3.63, 3.8) is 0 Å². The van der Waals surface area contributed by atoms with Gasteiger partial charge in [0.25, 0.3) is 0 Å². The molecule has 1 aliphatic heterocycles. The largest absolute Gasteiger partial charge is 0.377 e. The number of aromatic nitrogens is 1. The van der Waals surface area contributed by atoms with Crippen LogP contribution in [0.3, 0.4) is 0 Å². The zero-order valence-corrected chi connectivity index (χ0v) is 14.5. The van der Waals surface area contributed by atoms with Crippen molar-refractivity contribution in [2.45, 2.75) is 57.6 Å². The highest BCUT2D eigenvalue weighted by atomic mass is 32.1. The van der Waals surface area contributed by atoms with E-state index in [-0.39, 0.29) is 11.4 Å². The highest BCUT2D eigenvalue weighted by molar-refractivity contribution is 7.11. The van der Waals surface area contributed by atoms with Gasteiger partial charge in [-0.15, -0.1) is 11.3 Å². The normalized spacial score (nSPS) is 30.9. The molecule has 6 heteroatoms. The molecule has 2 saturated carbocycles. The van der Waals surface area contributed by atoms with Crippen molar-refractivity contribution < 1.29 is 9.53 Å². The van der Waals surface area contributed by atoms with Gasteiger partial charge in [0.15, 0.2) is 0 Å². The van der Waals surface area contributed by atoms with E-state index in [1.54, 1.807) is 11.3 Å². The molecule has 23 heavy (non-hydrogen) atoms. The van der Waals surface area contributed by atoms with Crippen molar-refractivity contribution in [2.75, 3.05) is 13.2 Å². The third-order valence-electron chi connectivity index (χ3n) is 5.87. The number of nitrogens with one attached hydrogen (secondary N) is 2. The molecule has 1 aromatic rings. The van der Waals surface area contributed by atoms with E-state index in [1.165, 1.54) is 30.6 Å². The van der Waals surface area contributed by atoms with Crippen LogP contribution < -0.4 is 10.6 Å². The number of carbonyl (C=O) groups is 1. The average molecular weight is 335 g/mol. The summed E-state index contributed by atoms with van der Waals surface area (Å²) in [6.07, 6.45) is 9.14. The number of carbonyl (C=O) groups excluding carboxylic acids is 1. The molecule has 2 heterocycles. The minimum absolute atomic E-state index is 0.0279. The molecule has 126 valence electrons. The van der Waals surface area contributed by atoms with Crippen LogP contribution in [-0.4, -0.2) is 36.3 Å². The van der Waals surface area contributed by atoms with Gasteiger partial charge in [0.05, 0.1) is 11.1 Å². The Balaban J connectivity index is 1.29. The van der Waals surface area contributed by atoms with Crippen LogP contribution in [0.4, 0.5) is 4.79 Å². The zero-order valence-electron chi connectivity index (χ0n) is 13.6. The Morgan fingerprint density at radius 3 is 3.04 bits per heavy atom. The Morgan fingerprint density at radius 1 is 1.48 bits per heavy atom. The summed E-state index contributed by atoms with van der Waals surface area (Å²) in [6.45, 7) is 3.56. The van der Waals surface area contributed by atoms with E-state index in [2.05, 4.69) is 22.5 Å². The second-order valence-corrected chi connectivity index (χ2v) is 8.50. The first kappa shape index (κ1) is 15.4. The molecule has 4 rings (SSSR count). The molecule has 1 spiro atoms. The summed E-state index contributed by atoms with van der Waals surface area (Å²) in [7, 11) is 0. The molecule has 2 amide bonds. The topological polar surface area (TPSA) is 63.2 Å². The van der Waals surface area contributed by atoms with E-state index in [4.69, 9.17) is 4.74 Å². The minimum Gasteiger partial charge on any atom is -0.377 e. The molecular weight excluding hydrogens is 310 g/mol. The number of rotatable bonds is 4. The Morgan fingerprint density at radius 2 is 2.30 bits per heavy atom. The standard InChI is InChI=1S/C17H25N3O2S/c1-11-10-19-13(23-11)4-8-18-16(21)20-14-12-5-9-22-15(12)17(14)6-2-3-7-17/h10,12,14-15H,2-9H2,1H3,(H2,18,20,21)/t12-,14-,15-/m0/s1. The molecule has 1 aromatic heterocycles. The molecule has 0 radical (unpaired) electrons. The smallest absolute Gasteiger partial charge is 0.315 e. The second kappa shape index (κ2) is 6.06. The number of nitrogens with zero attached hydrogens (tertiary/aromatic N) is 1. The molecule has 0 unspecified atom stereocenters. The maximum atomic E-state index is 12.3. The van der Waals surface area contributed by atoms with Crippen molar-refractivity contribution in [3.05, 3.63) is 16.1 Å². The number of hydrogen-bond donors (Lipinski definition) is 2. The van der Waals surface area contributed by atoms with Crippen LogP contribution in [0.15, 0.2) is 6.20 Å². The van der Waals surface area contributed by atoms with Gasteiger partial charge < -0.3 is 15.4 Å². The van der Waals surface area contributed by atoms with Crippen LogP contribution in [0.25, 0.3) is 0 Å². The molecule has 0 bridgehead atoms. The predicted octanol–water partition coefficient (Wildman–Crippen LogP) is 2.64. The Bertz CT molecular complexity index is 582. The lowest BCUT2D eigenvalue weighted by molar-refractivity contribution is -0.126. The Hall–Kier alpha value is -1.14. The molecular formula is C17H25N3O2S. The maximum absolute atomic E-state index is 12.3. The lowest BCUT2D eigenvalue weighted by Gasteiger charge is -2.56. The third kappa shape index (κ3) is 2.66. The first-order valence-corrected chi connectivity index (χ1v) is 9.58. The van der Waals surface area contributed by atoms with Gasteiger partial charge in [-0.05, 0) is 26.2 Å². The predicted molar refractivity (Wildman–Crippen MR) is 89.6 cm³/mol. The molecule has 2 N–H and O–H groups in total. The maximum Gasteiger partial charge on any atom is 0.315 e. The van der Waals surface area contributed by atoms with Crippen LogP contribution in [0.5, 0.6) is 0 Å². The highest BCUT2D eigenvalue weighted by Crippen LogP contribution is 2.60. The van der Waals surface area contributed by atoms with Crippen molar-refractivity contribution in [1.29, 1.82) is 0 Å². The second-order valence-electron chi connectivity index (χ2n) is 7.18. The number of amides is 2. The molecule has 3 aliphatic rings. The van der Waals surface area contributed by atoms with Gasteiger partial charge >= 0.3 is 6.03 Å². The first-order valence-electron chi connectivity index (χ1n) is 8.76. The van der Waals surface area contributed by atoms with Crippen molar-refractivity contribution in [2.24, 2.45) is 11.3 Å². The summed E-state index contributed by atoms with van der Waals surface area (Å²) in [6, 6.07) is 0.277. The number of aryl methyl sites for hydroxylation is 1. The summed E-state index contributed by atoms with van der Waals surface area (Å²) in [5.74, 6) is 0.528. The van der Waals surface area contributed by atoms with Gasteiger partial charge in [0.2, 0.25) is 0 Å². The lowest BCUT2D eigenvalue weighted by Crippen LogP contribution is -2.69. The fourth-order valence-corrected chi connectivity index (χ4v) is 5.68. The van der Waals surface area contributed by atoms with Crippen molar-refractivity contribution in [3.8, 4) is 0 Å². The van der Waals surface area contributed by atoms with E-state index in [0.29, 0.717) is 24.6 Å². The van der Waals surface area contributed by atoms with E-state index in [9.17, 15) is 4.79 Å². The summed E-state index contributed by atoms with van der Waals surface area (Å²) < 4.78 is 5.96. The van der Waals surface area contributed by atoms with Crippen LogP contribution in [0, 0.1) is 18.3 Å². The first-order chi connectivity index (χ1) is 11.2. The summed E-state index contributed by atoms with van der Waals surface area (Å²) in [5, 5.41) is 7.35. The van der Waals surface area contributed by atoms with Crippen LogP contribution in [0.2, 0.25) is 0 Å². The van der Waals surface area contributed by atoms with Crippen LogP contribution in [0.1, 0.15) is 42.0 Å². The fraction of sp³-hybridized carbons (Fsp3) is 0.765. The minimum atomic E-state index is -0.0279. The number of thiazole rings is 1. The Labute approximate surface area is 141 Å². The molecule has 2 aliphatic carbocycles. The zero-order chi connectivity index (χ0) is 15.9. The van der Waals surface area contributed by atoms with Gasteiger partial charge in [-0.2, -0.15) is 0 Å². The van der Waals surface area contributed by atoms with Gasteiger partial charge in [-0.25, -0.2) is 9.78 Å². The quantitative estimate of drug-likeness (QED) is 0.889. The number of hydrogen-bond acceptors (Lipinski definition) is 4. The molecule has 3 fully saturated rings. The van der Waals surface area contributed by atoms with Gasteiger partial charge in [0.1, 0.15) is 0 Å². The lowest BCUT2D eigenvalue weighted by atomic mass is 9.54. The third-order valence-corrected chi connectivity index (χ3v) is 6.84. The van der Waals surface area contributed by atoms with Crippen LogP contribution >= 0.6 is 11.3 Å². The average Bonchev–Trinajstić information content (AvgIpc) is 3.24. The number of ether oxygens (including phenoxy) is 1. The molecule has 1 saturated heterocycles. The number of urea groups is 1. The number of fused-ring (bicyclic) bond motifs is 2. The molecule has 3 atom stereocenters. The monoisotopic (exact) mass is 335 g/mol. The summed E-state index contributed by atoms with van der Waals surface area (Å²) in [5.41, 5.74) is 0.227. The Kier molecular flexibility index (Phi) is 4.05. The van der Waals surface area contributed by atoms with Gasteiger partial charge in [-0.1, -0.05) is 12.8 Å². The van der Waals surface area contributed by atoms with Crippen molar-refractivity contribution in [1.82, 2.24) is 15.6 Å². The summed E-state index contributed by atoms with van der Waals surface area (Å²) >= 11 is 1.70. The van der Waals surface area contributed by atoms with E-state index in [0.717, 1.165) is 24.5 Å². The van der Waals surface area contributed by atoms with Gasteiger partial charge in [0, 0.05) is 48.0 Å². The molecule has 0 aromatic carbocycles. The van der Waals surface area contributed by atoms with E-state index >= 15 is 0 Å². The highest BCUT2D eigenvalue weighted by Gasteiger charge is 2.65. The summed E-state index contributed by atoms with van der Waals surface area (Å²) in [4.78, 5) is 17.8. The van der Waals surface area contributed by atoms with Crippen molar-refractivity contribution >= 4 is 17.4 Å². The van der Waals surface area contributed by atoms with E-state index in [1.807, 2.05) is 6.20 Å².